The van der Waals surface area contributed by atoms with Crippen LogP contribution in [0.5, 0.6) is 0 Å². The molecule has 1 aliphatic heterocycles. The molecule has 1 aromatic heterocycles. The van der Waals surface area contributed by atoms with Gasteiger partial charge in [0.2, 0.25) is 5.91 Å². The number of ether oxygens (including phenoxy) is 1. The fourth-order valence-electron chi connectivity index (χ4n) is 3.57. The molecule has 0 unspecified atom stereocenters. The number of rotatable bonds is 7. The summed E-state index contributed by atoms with van der Waals surface area (Å²) in [7, 11) is 0. The molecular formula is C21H24N4O3. The zero-order valence-electron chi connectivity index (χ0n) is 15.9. The minimum atomic E-state index is -0.451. The lowest BCUT2D eigenvalue weighted by Gasteiger charge is -2.10. The van der Waals surface area contributed by atoms with Crippen molar-refractivity contribution in [3.63, 3.8) is 0 Å². The average Bonchev–Trinajstić information content (AvgIpc) is 3.32. The molecule has 7 heteroatoms. The Morgan fingerprint density at radius 2 is 2.29 bits per heavy atom. The van der Waals surface area contributed by atoms with E-state index < -0.39 is 11.8 Å². The quantitative estimate of drug-likeness (QED) is 0.564. The number of nitrogens with two attached hydrogens (primary N) is 1. The molecule has 1 aromatic carbocycles. The van der Waals surface area contributed by atoms with Gasteiger partial charge in [-0.1, -0.05) is 25.1 Å². The van der Waals surface area contributed by atoms with Crippen molar-refractivity contribution in [3.8, 4) is 6.07 Å². The lowest BCUT2D eigenvalue weighted by atomic mass is 10.1. The highest BCUT2D eigenvalue weighted by Crippen LogP contribution is 2.27. The number of carbonyl (C=O) groups excluding carboxylic acids is 2. The fraction of sp³-hybridized carbons (Fsp3) is 0.381. The Morgan fingerprint density at radius 1 is 1.46 bits per heavy atom. The van der Waals surface area contributed by atoms with Crippen LogP contribution in [0.4, 0.5) is 0 Å². The second-order valence-corrected chi connectivity index (χ2v) is 6.86. The fourth-order valence-corrected chi connectivity index (χ4v) is 3.57. The maximum absolute atomic E-state index is 12.4. The number of benzene rings is 1. The summed E-state index contributed by atoms with van der Waals surface area (Å²) in [5.74, 6) is -0.881. The van der Waals surface area contributed by atoms with Gasteiger partial charge in [0.1, 0.15) is 18.2 Å². The van der Waals surface area contributed by atoms with Crippen LogP contribution in [0.15, 0.2) is 30.0 Å². The van der Waals surface area contributed by atoms with Gasteiger partial charge in [-0.15, -0.1) is 0 Å². The van der Waals surface area contributed by atoms with Crippen LogP contribution < -0.4 is 11.1 Å². The van der Waals surface area contributed by atoms with Crippen molar-refractivity contribution < 1.29 is 14.3 Å². The highest BCUT2D eigenvalue weighted by atomic mass is 16.5. The van der Waals surface area contributed by atoms with Gasteiger partial charge < -0.3 is 20.4 Å². The van der Waals surface area contributed by atoms with Crippen molar-refractivity contribution >= 4 is 28.8 Å². The van der Waals surface area contributed by atoms with E-state index >= 15 is 0 Å². The number of carbonyl (C=O) groups is 2. The molecule has 1 fully saturated rings. The number of nitrogens with one attached hydrogen (secondary N) is 1. The number of fused-ring (bicyclic) bond motifs is 1. The van der Waals surface area contributed by atoms with Gasteiger partial charge >= 0.3 is 0 Å². The summed E-state index contributed by atoms with van der Waals surface area (Å²) in [4.78, 5) is 23.9. The van der Waals surface area contributed by atoms with Crippen LogP contribution in [0.1, 0.15) is 30.9 Å². The Kier molecular flexibility index (Phi) is 6.12. The molecule has 2 amide bonds. The van der Waals surface area contributed by atoms with Gasteiger partial charge in [0.05, 0.1) is 11.6 Å². The molecule has 0 saturated carbocycles. The summed E-state index contributed by atoms with van der Waals surface area (Å²) in [6.07, 6.45) is 6.01. The Labute approximate surface area is 163 Å². The van der Waals surface area contributed by atoms with Crippen LogP contribution in [-0.4, -0.2) is 35.6 Å². The van der Waals surface area contributed by atoms with Crippen molar-refractivity contribution in [3.05, 3.63) is 41.1 Å². The minimum absolute atomic E-state index is 0.00786. The van der Waals surface area contributed by atoms with Crippen LogP contribution in [0.3, 0.4) is 0 Å². The van der Waals surface area contributed by atoms with Gasteiger partial charge in [-0.3, -0.25) is 9.59 Å². The third-order valence-electron chi connectivity index (χ3n) is 4.90. The van der Waals surface area contributed by atoms with Crippen molar-refractivity contribution in [1.82, 2.24) is 9.88 Å². The molecule has 2 aromatic rings. The summed E-state index contributed by atoms with van der Waals surface area (Å²) >= 11 is 0. The molecule has 1 aliphatic rings. The van der Waals surface area contributed by atoms with Gasteiger partial charge in [0.15, 0.2) is 0 Å². The number of aryl methyl sites for hydroxylation is 1. The molecule has 0 bridgehead atoms. The van der Waals surface area contributed by atoms with Crippen molar-refractivity contribution in [2.24, 2.45) is 5.73 Å². The summed E-state index contributed by atoms with van der Waals surface area (Å²) in [6.45, 7) is 3.17. The number of nitrogens with zero attached hydrogens (tertiary/aromatic N) is 2. The molecular weight excluding hydrogens is 356 g/mol. The first kappa shape index (κ1) is 19.6. The first-order chi connectivity index (χ1) is 13.5. The predicted molar refractivity (Wildman–Crippen MR) is 106 cm³/mol. The van der Waals surface area contributed by atoms with Crippen LogP contribution in [-0.2, 0) is 27.3 Å². The average molecular weight is 380 g/mol. The Balaban J connectivity index is 1.93. The number of hydrogen-bond donors (Lipinski definition) is 2. The molecule has 3 N–H and O–H groups in total. The molecule has 1 atom stereocenters. The van der Waals surface area contributed by atoms with Gasteiger partial charge in [-0.25, -0.2) is 0 Å². The third kappa shape index (κ3) is 4.24. The standard InChI is InChI=1S/C21H24N4O3/c1-2-14-5-3-7-18-16(12-25(20(14)18)13-19(23)26)9-15(10-22)21(27)24-11-17-6-4-8-28-17/h3,5,7,9,12,17H,2,4,6,8,11,13H2,1H3,(H2,23,26)(H,24,27)/b15-9+/t17-/m1/s1. The van der Waals surface area contributed by atoms with Crippen LogP contribution >= 0.6 is 0 Å². The van der Waals surface area contributed by atoms with Crippen molar-refractivity contribution in [1.29, 1.82) is 5.26 Å². The van der Waals surface area contributed by atoms with Crippen molar-refractivity contribution in [2.45, 2.75) is 38.8 Å². The first-order valence-electron chi connectivity index (χ1n) is 9.44. The number of aromatic nitrogens is 1. The smallest absolute Gasteiger partial charge is 0.262 e. The SMILES string of the molecule is CCc1cccc2c(/C=C(\C#N)C(=O)NC[C@H]3CCCO3)cn(CC(N)=O)c12. The first-order valence-corrected chi connectivity index (χ1v) is 9.44. The second-order valence-electron chi connectivity index (χ2n) is 6.86. The molecule has 2 heterocycles. The molecule has 7 nitrogen and oxygen atoms in total. The Bertz CT molecular complexity index is 962. The van der Waals surface area contributed by atoms with Gasteiger partial charge in [-0.05, 0) is 30.9 Å². The van der Waals surface area contributed by atoms with Crippen LogP contribution in [0.2, 0.25) is 0 Å². The van der Waals surface area contributed by atoms with E-state index in [1.807, 2.05) is 31.2 Å². The minimum Gasteiger partial charge on any atom is -0.376 e. The Morgan fingerprint density at radius 3 is 2.93 bits per heavy atom. The maximum atomic E-state index is 12.4. The predicted octanol–water partition coefficient (Wildman–Crippen LogP) is 1.89. The highest BCUT2D eigenvalue weighted by Gasteiger charge is 2.18. The number of nitriles is 1. The van der Waals surface area contributed by atoms with Crippen LogP contribution in [0.25, 0.3) is 17.0 Å². The summed E-state index contributed by atoms with van der Waals surface area (Å²) in [5, 5.41) is 13.1. The van der Waals surface area contributed by atoms with Gasteiger partial charge in [-0.2, -0.15) is 5.26 Å². The van der Waals surface area contributed by atoms with Gasteiger partial charge in [0, 0.05) is 30.3 Å². The third-order valence-corrected chi connectivity index (χ3v) is 4.90. The molecule has 3 rings (SSSR count). The van der Waals surface area contributed by atoms with E-state index in [9.17, 15) is 14.9 Å². The van der Waals surface area contributed by atoms with E-state index in [1.165, 1.54) is 0 Å². The number of amides is 2. The molecule has 0 aliphatic carbocycles. The van der Waals surface area contributed by atoms with E-state index in [4.69, 9.17) is 10.5 Å². The van der Waals surface area contributed by atoms with E-state index in [0.29, 0.717) is 18.7 Å². The topological polar surface area (TPSA) is 110 Å². The number of primary amides is 1. The van der Waals surface area contributed by atoms with E-state index in [-0.39, 0.29) is 18.2 Å². The molecule has 28 heavy (non-hydrogen) atoms. The van der Waals surface area contributed by atoms with Crippen molar-refractivity contribution in [2.75, 3.05) is 13.2 Å². The Hall–Kier alpha value is -3.11. The lowest BCUT2D eigenvalue weighted by molar-refractivity contribution is -0.119. The lowest BCUT2D eigenvalue weighted by Crippen LogP contribution is -2.32. The number of para-hydroxylation sites is 1. The van der Waals surface area contributed by atoms with E-state index in [1.54, 1.807) is 16.8 Å². The molecule has 1 saturated heterocycles. The zero-order valence-corrected chi connectivity index (χ0v) is 15.9. The van der Waals surface area contributed by atoms with Crippen LogP contribution in [0, 0.1) is 11.3 Å². The number of hydrogen-bond acceptors (Lipinski definition) is 4. The molecule has 146 valence electrons. The summed E-state index contributed by atoms with van der Waals surface area (Å²) in [6, 6.07) is 7.81. The van der Waals surface area contributed by atoms with Gasteiger partial charge in [0.25, 0.3) is 5.91 Å². The summed E-state index contributed by atoms with van der Waals surface area (Å²) < 4.78 is 7.27. The van der Waals surface area contributed by atoms with E-state index in [2.05, 4.69) is 5.32 Å². The van der Waals surface area contributed by atoms with E-state index in [0.717, 1.165) is 35.7 Å². The zero-order chi connectivity index (χ0) is 20.1. The monoisotopic (exact) mass is 380 g/mol. The molecule has 0 spiro atoms. The maximum Gasteiger partial charge on any atom is 0.262 e. The summed E-state index contributed by atoms with van der Waals surface area (Å²) in [5.41, 5.74) is 8.07. The largest absolute Gasteiger partial charge is 0.376 e. The second kappa shape index (κ2) is 8.72. The molecule has 0 radical (unpaired) electrons. The highest BCUT2D eigenvalue weighted by molar-refractivity contribution is 6.04. The normalized spacial score (nSPS) is 16.9.